The van der Waals surface area contributed by atoms with Crippen molar-refractivity contribution in [2.75, 3.05) is 0 Å². The summed E-state index contributed by atoms with van der Waals surface area (Å²) in [5.41, 5.74) is 0.314. The fraction of sp³-hybridized carbons (Fsp3) is 0.100. The lowest BCUT2D eigenvalue weighted by atomic mass is 10.1. The van der Waals surface area contributed by atoms with Gasteiger partial charge in [0.05, 0.1) is 5.56 Å². The largest absolute Gasteiger partial charge is 0.356 e. The molecule has 0 aliphatic carbocycles. The number of aromatic nitrogens is 1. The van der Waals surface area contributed by atoms with Crippen molar-refractivity contribution in [3.63, 3.8) is 0 Å². The van der Waals surface area contributed by atoms with Crippen molar-refractivity contribution in [2.45, 2.75) is 5.75 Å². The van der Waals surface area contributed by atoms with Gasteiger partial charge in [-0.2, -0.15) is 0 Å². The first kappa shape index (κ1) is 13.5. The van der Waals surface area contributed by atoms with Gasteiger partial charge in [-0.05, 0) is 18.2 Å². The maximum atomic E-state index is 13.5. The summed E-state index contributed by atoms with van der Waals surface area (Å²) in [4.78, 5) is 0. The quantitative estimate of drug-likeness (QED) is 0.793. The predicted octanol–water partition coefficient (Wildman–Crippen LogP) is 3.31. The normalized spacial score (nSPS) is 11.7. The summed E-state index contributed by atoms with van der Waals surface area (Å²) < 4.78 is 40.9. The Bertz CT molecular complexity index is 686. The zero-order valence-electron chi connectivity index (χ0n) is 8.73. The van der Waals surface area contributed by atoms with Gasteiger partial charge in [0.1, 0.15) is 17.3 Å². The standard InChI is InChI=1S/C10H6BrClFNO3S/c11-6-1-2-9(13)8(3-6)10-4-7(14-17-10)5-18(12,15)16/h1-4H,5H2. The highest BCUT2D eigenvalue weighted by Gasteiger charge is 2.15. The van der Waals surface area contributed by atoms with E-state index < -0.39 is 20.6 Å². The Labute approximate surface area is 115 Å². The third-order valence-electron chi connectivity index (χ3n) is 2.07. The first-order valence-corrected chi connectivity index (χ1v) is 7.95. The number of nitrogens with zero attached hydrogens (tertiary/aromatic N) is 1. The third-order valence-corrected chi connectivity index (χ3v) is 3.53. The van der Waals surface area contributed by atoms with Gasteiger partial charge in [0.15, 0.2) is 5.76 Å². The van der Waals surface area contributed by atoms with Crippen molar-refractivity contribution in [2.24, 2.45) is 0 Å². The first-order chi connectivity index (χ1) is 8.35. The number of benzene rings is 1. The lowest BCUT2D eigenvalue weighted by molar-refractivity contribution is 0.423. The van der Waals surface area contributed by atoms with Gasteiger partial charge in [0.25, 0.3) is 0 Å². The molecule has 0 radical (unpaired) electrons. The number of hydrogen-bond donors (Lipinski definition) is 0. The summed E-state index contributed by atoms with van der Waals surface area (Å²) in [6.45, 7) is 0. The number of rotatable bonds is 3. The van der Waals surface area contributed by atoms with Crippen LogP contribution >= 0.6 is 26.6 Å². The van der Waals surface area contributed by atoms with Gasteiger partial charge in [-0.1, -0.05) is 21.1 Å². The second kappa shape index (κ2) is 4.99. The highest BCUT2D eigenvalue weighted by molar-refractivity contribution is 9.10. The lowest BCUT2D eigenvalue weighted by Crippen LogP contribution is -1.94. The van der Waals surface area contributed by atoms with Crippen molar-refractivity contribution in [3.8, 4) is 11.3 Å². The van der Waals surface area contributed by atoms with Crippen LogP contribution in [0.1, 0.15) is 5.69 Å². The van der Waals surface area contributed by atoms with Crippen LogP contribution in [0.25, 0.3) is 11.3 Å². The molecule has 0 spiro atoms. The predicted molar refractivity (Wildman–Crippen MR) is 68.1 cm³/mol. The molecular weight excluding hydrogens is 349 g/mol. The molecular formula is C10H6BrClFNO3S. The second-order valence-electron chi connectivity index (χ2n) is 3.49. The lowest BCUT2D eigenvalue weighted by Gasteiger charge is -1.98. The van der Waals surface area contributed by atoms with Crippen molar-refractivity contribution < 1.29 is 17.3 Å². The van der Waals surface area contributed by atoms with Crippen LogP contribution in [0.5, 0.6) is 0 Å². The highest BCUT2D eigenvalue weighted by Crippen LogP contribution is 2.27. The molecule has 1 heterocycles. The van der Waals surface area contributed by atoms with Crippen LogP contribution in [0.4, 0.5) is 4.39 Å². The summed E-state index contributed by atoms with van der Waals surface area (Å²) in [5, 5.41) is 3.53. The van der Waals surface area contributed by atoms with Crippen LogP contribution in [0, 0.1) is 5.82 Å². The Balaban J connectivity index is 2.38. The van der Waals surface area contributed by atoms with Crippen LogP contribution in [-0.2, 0) is 14.8 Å². The molecule has 0 fully saturated rings. The van der Waals surface area contributed by atoms with Gasteiger partial charge in [0, 0.05) is 21.2 Å². The molecule has 0 amide bonds. The fourth-order valence-corrected chi connectivity index (χ4v) is 2.56. The monoisotopic (exact) mass is 353 g/mol. The Morgan fingerprint density at radius 2 is 2.11 bits per heavy atom. The van der Waals surface area contributed by atoms with Crippen molar-refractivity contribution >= 4 is 35.7 Å². The van der Waals surface area contributed by atoms with Crippen LogP contribution in [0.2, 0.25) is 0 Å². The minimum Gasteiger partial charge on any atom is -0.356 e. The van der Waals surface area contributed by atoms with Gasteiger partial charge < -0.3 is 4.52 Å². The van der Waals surface area contributed by atoms with Gasteiger partial charge in [-0.15, -0.1) is 0 Å². The van der Waals surface area contributed by atoms with E-state index in [9.17, 15) is 12.8 Å². The van der Waals surface area contributed by atoms with E-state index in [-0.39, 0.29) is 17.0 Å². The molecule has 0 aliphatic heterocycles. The summed E-state index contributed by atoms with van der Waals surface area (Å²) in [5.74, 6) is -0.813. The number of halogens is 3. The van der Waals surface area contributed by atoms with Gasteiger partial charge in [-0.25, -0.2) is 12.8 Å². The minimum atomic E-state index is -3.72. The molecule has 1 aromatic heterocycles. The SMILES string of the molecule is O=S(=O)(Cl)Cc1cc(-c2cc(Br)ccc2F)on1. The zero-order valence-corrected chi connectivity index (χ0v) is 11.9. The topological polar surface area (TPSA) is 60.2 Å². The maximum Gasteiger partial charge on any atom is 0.238 e. The molecule has 0 N–H and O–H groups in total. The molecule has 2 rings (SSSR count). The first-order valence-electron chi connectivity index (χ1n) is 4.68. The van der Waals surface area contributed by atoms with Crippen molar-refractivity contribution in [1.29, 1.82) is 0 Å². The van der Waals surface area contributed by atoms with Gasteiger partial charge in [0.2, 0.25) is 9.05 Å². The summed E-state index contributed by atoms with van der Waals surface area (Å²) in [6, 6.07) is 5.65. The zero-order chi connectivity index (χ0) is 13.3. The molecule has 0 unspecified atom stereocenters. The van der Waals surface area contributed by atoms with E-state index in [1.54, 1.807) is 6.07 Å². The van der Waals surface area contributed by atoms with Crippen LogP contribution in [-0.4, -0.2) is 13.6 Å². The molecule has 0 bridgehead atoms. The molecule has 96 valence electrons. The van der Waals surface area contributed by atoms with Gasteiger partial charge in [-0.3, -0.25) is 0 Å². The average molecular weight is 355 g/mol. The van der Waals surface area contributed by atoms with E-state index in [0.717, 1.165) is 0 Å². The Hall–Kier alpha value is -0.920. The molecule has 18 heavy (non-hydrogen) atoms. The number of hydrogen-bond acceptors (Lipinski definition) is 4. The highest BCUT2D eigenvalue weighted by atomic mass is 79.9. The van der Waals surface area contributed by atoms with E-state index in [1.807, 2.05) is 0 Å². The smallest absolute Gasteiger partial charge is 0.238 e. The molecule has 8 heteroatoms. The van der Waals surface area contributed by atoms with E-state index in [1.165, 1.54) is 18.2 Å². The summed E-state index contributed by atoms with van der Waals surface area (Å²) in [6.07, 6.45) is 0. The minimum absolute atomic E-state index is 0.124. The maximum absolute atomic E-state index is 13.5. The van der Waals surface area contributed by atoms with Crippen molar-refractivity contribution in [3.05, 3.63) is 40.2 Å². The average Bonchev–Trinajstić information content (AvgIpc) is 2.67. The van der Waals surface area contributed by atoms with Gasteiger partial charge >= 0.3 is 0 Å². The Morgan fingerprint density at radius 3 is 2.78 bits per heavy atom. The molecule has 0 aliphatic rings. The van der Waals surface area contributed by atoms with Crippen LogP contribution in [0.15, 0.2) is 33.3 Å². The summed E-state index contributed by atoms with van der Waals surface area (Å²) >= 11 is 3.20. The van der Waals surface area contributed by atoms with Crippen LogP contribution < -0.4 is 0 Å². The van der Waals surface area contributed by atoms with Crippen molar-refractivity contribution in [1.82, 2.24) is 5.16 Å². The Kier molecular flexibility index (Phi) is 3.74. The van der Waals surface area contributed by atoms with E-state index in [4.69, 9.17) is 15.2 Å². The Morgan fingerprint density at radius 1 is 1.39 bits per heavy atom. The summed E-state index contributed by atoms with van der Waals surface area (Å²) in [7, 11) is 1.37. The molecule has 0 atom stereocenters. The molecule has 1 aromatic carbocycles. The molecule has 2 aromatic rings. The second-order valence-corrected chi connectivity index (χ2v) is 7.18. The van der Waals surface area contributed by atoms with E-state index in [0.29, 0.717) is 4.47 Å². The van der Waals surface area contributed by atoms with E-state index in [2.05, 4.69) is 21.1 Å². The molecule has 4 nitrogen and oxygen atoms in total. The third kappa shape index (κ3) is 3.30. The molecule has 0 saturated heterocycles. The van der Waals surface area contributed by atoms with Crippen LogP contribution in [0.3, 0.4) is 0 Å². The molecule has 0 saturated carbocycles. The fourth-order valence-electron chi connectivity index (χ4n) is 1.37. The van der Waals surface area contributed by atoms with E-state index >= 15 is 0 Å².